The highest BCUT2D eigenvalue weighted by molar-refractivity contribution is 7.27. The van der Waals surface area contributed by atoms with E-state index in [1.54, 1.807) is 0 Å². The quantitative estimate of drug-likeness (QED) is 0.320. The Morgan fingerprint density at radius 3 is 2.57 bits per heavy atom. The average molecular weight is 214 g/mol. The van der Waals surface area contributed by atoms with Gasteiger partial charge in [-0.1, -0.05) is 0 Å². The molecule has 0 bridgehead atoms. The fraction of sp³-hybridized carbons (Fsp3) is 0. The number of nitro groups is 1. The second kappa shape index (κ2) is 3.59. The summed E-state index contributed by atoms with van der Waals surface area (Å²) in [4.78, 5) is 20.3. The van der Waals surface area contributed by atoms with Gasteiger partial charge in [-0.3, -0.25) is 10.1 Å². The molecule has 0 heterocycles. The number of hydrogen-bond donors (Lipinski definition) is 2. The Morgan fingerprint density at radius 2 is 2.14 bits per heavy atom. The van der Waals surface area contributed by atoms with Crippen molar-refractivity contribution >= 4 is 31.9 Å². The van der Waals surface area contributed by atoms with Gasteiger partial charge in [0.2, 0.25) is 0 Å². The number of carboxylic acid groups (broad SMARTS) is 1. The van der Waals surface area contributed by atoms with Crippen molar-refractivity contribution in [1.29, 1.82) is 0 Å². The molecule has 0 spiro atoms. The van der Waals surface area contributed by atoms with E-state index in [0.29, 0.717) is 5.30 Å². The van der Waals surface area contributed by atoms with Crippen LogP contribution in [0.1, 0.15) is 10.4 Å². The number of nitrogens with zero attached hydrogens (tertiary/aromatic N) is 1. The molecule has 1 atom stereocenters. The van der Waals surface area contributed by atoms with Crippen molar-refractivity contribution in [2.75, 3.05) is 5.73 Å². The van der Waals surface area contributed by atoms with Crippen LogP contribution >= 0.6 is 9.24 Å². The zero-order valence-corrected chi connectivity index (χ0v) is 8.08. The molecular formula is C7H7N2O4P. The lowest BCUT2D eigenvalue weighted by Crippen LogP contribution is -2.11. The Hall–Kier alpha value is -1.68. The van der Waals surface area contributed by atoms with Crippen molar-refractivity contribution in [3.05, 3.63) is 27.8 Å². The van der Waals surface area contributed by atoms with E-state index < -0.39 is 16.6 Å². The average Bonchev–Trinajstić information content (AvgIpc) is 2.02. The van der Waals surface area contributed by atoms with Crippen LogP contribution in [0, 0.1) is 10.1 Å². The van der Waals surface area contributed by atoms with Crippen LogP contribution < -0.4 is 11.0 Å². The summed E-state index contributed by atoms with van der Waals surface area (Å²) in [6, 6.07) is 2.19. The Labute approximate surface area is 81.1 Å². The van der Waals surface area contributed by atoms with Crippen LogP contribution in [0.3, 0.4) is 0 Å². The van der Waals surface area contributed by atoms with E-state index in [-0.39, 0.29) is 11.3 Å². The van der Waals surface area contributed by atoms with E-state index in [1.807, 2.05) is 0 Å². The summed E-state index contributed by atoms with van der Waals surface area (Å²) in [6.45, 7) is 0. The predicted octanol–water partition coefficient (Wildman–Crippen LogP) is 0.376. The van der Waals surface area contributed by atoms with Gasteiger partial charge in [-0.2, -0.15) is 0 Å². The van der Waals surface area contributed by atoms with Gasteiger partial charge in [0.05, 0.1) is 10.5 Å². The number of benzene rings is 1. The van der Waals surface area contributed by atoms with Gasteiger partial charge in [0.15, 0.2) is 0 Å². The van der Waals surface area contributed by atoms with Crippen molar-refractivity contribution in [1.82, 2.24) is 0 Å². The van der Waals surface area contributed by atoms with Crippen LogP contribution in [0.2, 0.25) is 0 Å². The maximum Gasteiger partial charge on any atom is 0.336 e. The molecule has 0 saturated carbocycles. The lowest BCUT2D eigenvalue weighted by molar-refractivity contribution is -0.383. The first kappa shape index (κ1) is 10.4. The van der Waals surface area contributed by atoms with Crippen molar-refractivity contribution in [3.63, 3.8) is 0 Å². The number of anilines is 1. The largest absolute Gasteiger partial charge is 0.478 e. The standard InChI is InChI=1S/C7H7N2O4P/c8-4-2-6(14)3(7(10)11)1-5(4)9(12)13/h1-2H,8,14H2,(H,10,11). The molecule has 0 aliphatic carbocycles. The van der Waals surface area contributed by atoms with Gasteiger partial charge < -0.3 is 10.8 Å². The Balaban J connectivity index is 3.42. The van der Waals surface area contributed by atoms with E-state index in [9.17, 15) is 14.9 Å². The molecule has 7 heteroatoms. The zero-order valence-electron chi connectivity index (χ0n) is 6.93. The normalized spacial score (nSPS) is 9.79. The molecule has 3 N–H and O–H groups in total. The second-order valence-corrected chi connectivity index (χ2v) is 3.18. The van der Waals surface area contributed by atoms with E-state index in [0.717, 1.165) is 6.07 Å². The first-order valence-corrected chi connectivity index (χ1v) is 4.08. The maximum absolute atomic E-state index is 10.6. The number of carboxylic acids is 1. The Kier molecular flexibility index (Phi) is 2.67. The molecule has 0 amide bonds. The number of carbonyl (C=O) groups is 1. The molecule has 0 fully saturated rings. The Bertz CT molecular complexity index is 383. The lowest BCUT2D eigenvalue weighted by Gasteiger charge is -2.02. The first-order valence-electron chi connectivity index (χ1n) is 3.50. The lowest BCUT2D eigenvalue weighted by atomic mass is 10.2. The van der Waals surface area contributed by atoms with Crippen molar-refractivity contribution in [2.24, 2.45) is 0 Å². The van der Waals surface area contributed by atoms with Gasteiger partial charge in [-0.05, 0) is 11.4 Å². The van der Waals surface area contributed by atoms with Gasteiger partial charge in [0.1, 0.15) is 5.69 Å². The molecule has 6 nitrogen and oxygen atoms in total. The van der Waals surface area contributed by atoms with Crippen molar-refractivity contribution in [2.45, 2.75) is 0 Å². The molecule has 74 valence electrons. The number of nitrogen functional groups attached to an aromatic ring is 1. The summed E-state index contributed by atoms with van der Waals surface area (Å²) in [6.07, 6.45) is 0. The SMILES string of the molecule is Nc1cc(P)c(C(=O)O)cc1[N+](=O)[O-]. The van der Waals surface area contributed by atoms with Crippen LogP contribution in [0.25, 0.3) is 0 Å². The smallest absolute Gasteiger partial charge is 0.336 e. The van der Waals surface area contributed by atoms with E-state index in [1.165, 1.54) is 6.07 Å². The molecule has 0 aliphatic rings. The summed E-state index contributed by atoms with van der Waals surface area (Å²) in [5.41, 5.74) is 4.75. The highest BCUT2D eigenvalue weighted by Gasteiger charge is 2.17. The summed E-state index contributed by atoms with van der Waals surface area (Å²) in [5.74, 6) is -1.22. The topological polar surface area (TPSA) is 106 Å². The molecule has 1 aromatic rings. The third kappa shape index (κ3) is 1.80. The number of nitrogens with two attached hydrogens (primary N) is 1. The maximum atomic E-state index is 10.6. The molecular weight excluding hydrogens is 207 g/mol. The summed E-state index contributed by atoms with van der Waals surface area (Å²) < 4.78 is 0. The molecule has 1 rings (SSSR count). The Morgan fingerprint density at radius 1 is 1.57 bits per heavy atom. The minimum absolute atomic E-state index is 0.0509. The third-order valence-electron chi connectivity index (χ3n) is 1.63. The number of hydrogen-bond acceptors (Lipinski definition) is 4. The second-order valence-electron chi connectivity index (χ2n) is 2.56. The highest BCUT2D eigenvalue weighted by Crippen LogP contribution is 2.22. The van der Waals surface area contributed by atoms with Crippen molar-refractivity contribution < 1.29 is 14.8 Å². The molecule has 0 aliphatic heterocycles. The molecule has 1 aromatic carbocycles. The number of nitro benzene ring substituents is 1. The highest BCUT2D eigenvalue weighted by atomic mass is 31.0. The fourth-order valence-electron chi connectivity index (χ4n) is 0.966. The summed E-state index contributed by atoms with van der Waals surface area (Å²) in [7, 11) is 2.16. The first-order chi connectivity index (χ1) is 6.43. The predicted molar refractivity (Wildman–Crippen MR) is 53.8 cm³/mol. The van der Waals surface area contributed by atoms with Crippen LogP contribution in [0.4, 0.5) is 11.4 Å². The minimum Gasteiger partial charge on any atom is -0.478 e. The monoisotopic (exact) mass is 214 g/mol. The number of rotatable bonds is 2. The molecule has 0 aromatic heterocycles. The summed E-state index contributed by atoms with van der Waals surface area (Å²) in [5, 5.41) is 19.4. The third-order valence-corrected chi connectivity index (χ3v) is 2.10. The fourth-order valence-corrected chi connectivity index (χ4v) is 1.35. The zero-order chi connectivity index (χ0) is 10.9. The molecule has 0 radical (unpaired) electrons. The van der Waals surface area contributed by atoms with E-state index in [4.69, 9.17) is 10.8 Å². The van der Waals surface area contributed by atoms with Gasteiger partial charge in [0, 0.05) is 6.07 Å². The van der Waals surface area contributed by atoms with Crippen LogP contribution in [0.15, 0.2) is 12.1 Å². The van der Waals surface area contributed by atoms with Gasteiger partial charge in [0.25, 0.3) is 5.69 Å². The van der Waals surface area contributed by atoms with E-state index >= 15 is 0 Å². The van der Waals surface area contributed by atoms with Gasteiger partial charge in [-0.25, -0.2) is 4.79 Å². The molecule has 14 heavy (non-hydrogen) atoms. The molecule has 0 saturated heterocycles. The summed E-state index contributed by atoms with van der Waals surface area (Å²) >= 11 is 0. The molecule has 1 unspecified atom stereocenters. The van der Waals surface area contributed by atoms with Crippen LogP contribution in [0.5, 0.6) is 0 Å². The minimum atomic E-state index is -1.22. The number of aromatic carboxylic acids is 1. The van der Waals surface area contributed by atoms with E-state index in [2.05, 4.69) is 9.24 Å². The van der Waals surface area contributed by atoms with Gasteiger partial charge >= 0.3 is 5.97 Å². The van der Waals surface area contributed by atoms with Crippen LogP contribution in [-0.2, 0) is 0 Å². The van der Waals surface area contributed by atoms with Crippen molar-refractivity contribution in [3.8, 4) is 0 Å². The van der Waals surface area contributed by atoms with Crippen LogP contribution in [-0.4, -0.2) is 16.0 Å². The van der Waals surface area contributed by atoms with Gasteiger partial charge in [-0.15, -0.1) is 9.24 Å².